The lowest BCUT2D eigenvalue weighted by Gasteiger charge is -2.33. The predicted octanol–water partition coefficient (Wildman–Crippen LogP) is 1.67. The van der Waals surface area contributed by atoms with Crippen LogP contribution in [0, 0.1) is 5.92 Å². The van der Waals surface area contributed by atoms with Gasteiger partial charge < -0.3 is 20.2 Å². The Morgan fingerprint density at radius 3 is 2.67 bits per heavy atom. The standard InChI is InChI=1S/C18H27N3O3/c1-20(2)13-16(11-14-7-4-3-5-8-14)19-18(24)21-10-6-9-15(12-21)17(22)23/h3-5,7-8,15-16H,6,9-13H2,1-2H3,(H,19,24)(H,22,23)/t15-,16?/m1/s1. The van der Waals surface area contributed by atoms with Crippen molar-refractivity contribution in [3.05, 3.63) is 35.9 Å². The Hall–Kier alpha value is -2.08. The summed E-state index contributed by atoms with van der Waals surface area (Å²) < 4.78 is 0. The van der Waals surface area contributed by atoms with E-state index in [-0.39, 0.29) is 12.1 Å². The second-order valence-corrected chi connectivity index (χ2v) is 6.72. The molecule has 0 saturated carbocycles. The van der Waals surface area contributed by atoms with Gasteiger partial charge in [-0.2, -0.15) is 0 Å². The number of hydrogen-bond acceptors (Lipinski definition) is 3. The SMILES string of the molecule is CN(C)CC(Cc1ccccc1)NC(=O)N1CCC[C@@H](C(=O)O)C1. The van der Waals surface area contributed by atoms with Gasteiger partial charge in [-0.05, 0) is 38.9 Å². The van der Waals surface area contributed by atoms with E-state index >= 15 is 0 Å². The molecule has 0 aliphatic carbocycles. The van der Waals surface area contributed by atoms with Gasteiger partial charge in [0.1, 0.15) is 0 Å². The van der Waals surface area contributed by atoms with Crippen molar-refractivity contribution in [2.75, 3.05) is 33.7 Å². The van der Waals surface area contributed by atoms with Crippen LogP contribution >= 0.6 is 0 Å². The maximum Gasteiger partial charge on any atom is 0.317 e. The Bertz CT molecular complexity index is 548. The van der Waals surface area contributed by atoms with Crippen LogP contribution in [0.3, 0.4) is 0 Å². The highest BCUT2D eigenvalue weighted by Crippen LogP contribution is 2.17. The minimum absolute atomic E-state index is 0.0138. The molecule has 2 atom stereocenters. The third-order valence-corrected chi connectivity index (χ3v) is 4.30. The summed E-state index contributed by atoms with van der Waals surface area (Å²) in [4.78, 5) is 27.4. The molecule has 1 aromatic carbocycles. The number of carbonyl (C=O) groups is 2. The minimum atomic E-state index is -0.818. The topological polar surface area (TPSA) is 72.9 Å². The molecule has 2 rings (SSSR count). The third kappa shape index (κ3) is 5.53. The highest BCUT2D eigenvalue weighted by Gasteiger charge is 2.29. The first kappa shape index (κ1) is 18.3. The molecule has 6 nitrogen and oxygen atoms in total. The van der Waals surface area contributed by atoms with Crippen LogP contribution in [0.1, 0.15) is 18.4 Å². The van der Waals surface area contributed by atoms with Gasteiger partial charge in [-0.25, -0.2) is 4.79 Å². The summed E-state index contributed by atoms with van der Waals surface area (Å²) in [7, 11) is 3.96. The first-order valence-corrected chi connectivity index (χ1v) is 8.42. The van der Waals surface area contributed by atoms with Crippen LogP contribution < -0.4 is 5.32 Å². The Morgan fingerprint density at radius 2 is 2.04 bits per heavy atom. The fourth-order valence-corrected chi connectivity index (χ4v) is 3.13. The molecule has 2 amide bonds. The van der Waals surface area contributed by atoms with E-state index in [1.54, 1.807) is 4.90 Å². The number of piperidine rings is 1. The number of benzene rings is 1. The second-order valence-electron chi connectivity index (χ2n) is 6.72. The number of carbonyl (C=O) groups excluding carboxylic acids is 1. The van der Waals surface area contributed by atoms with Crippen LogP contribution in [0.4, 0.5) is 4.79 Å². The first-order valence-electron chi connectivity index (χ1n) is 8.42. The van der Waals surface area contributed by atoms with Gasteiger partial charge in [0.05, 0.1) is 5.92 Å². The monoisotopic (exact) mass is 333 g/mol. The molecule has 1 fully saturated rings. The van der Waals surface area contributed by atoms with Crippen LogP contribution in [0.5, 0.6) is 0 Å². The van der Waals surface area contributed by atoms with Crippen molar-refractivity contribution in [3.63, 3.8) is 0 Å². The van der Waals surface area contributed by atoms with Gasteiger partial charge in [0.2, 0.25) is 0 Å². The molecule has 0 spiro atoms. The number of urea groups is 1. The van der Waals surface area contributed by atoms with Crippen molar-refractivity contribution < 1.29 is 14.7 Å². The van der Waals surface area contributed by atoms with E-state index in [4.69, 9.17) is 5.11 Å². The molecule has 0 radical (unpaired) electrons. The zero-order valence-electron chi connectivity index (χ0n) is 14.4. The lowest BCUT2D eigenvalue weighted by Crippen LogP contribution is -2.52. The zero-order valence-corrected chi connectivity index (χ0v) is 14.4. The van der Waals surface area contributed by atoms with Crippen molar-refractivity contribution >= 4 is 12.0 Å². The Kier molecular flexibility index (Phi) is 6.61. The van der Waals surface area contributed by atoms with Gasteiger partial charge in [0.25, 0.3) is 0 Å². The molecule has 1 aromatic rings. The Labute approximate surface area is 143 Å². The first-order chi connectivity index (χ1) is 11.5. The van der Waals surface area contributed by atoms with Crippen LogP contribution in [-0.4, -0.2) is 66.7 Å². The van der Waals surface area contributed by atoms with Crippen molar-refractivity contribution in [2.24, 2.45) is 5.92 Å². The average molecular weight is 333 g/mol. The van der Waals surface area contributed by atoms with E-state index in [0.717, 1.165) is 19.4 Å². The van der Waals surface area contributed by atoms with Crippen molar-refractivity contribution in [1.29, 1.82) is 0 Å². The largest absolute Gasteiger partial charge is 0.481 e. The summed E-state index contributed by atoms with van der Waals surface area (Å²) in [6, 6.07) is 9.89. The van der Waals surface area contributed by atoms with E-state index in [0.29, 0.717) is 19.5 Å². The summed E-state index contributed by atoms with van der Waals surface area (Å²) in [5.74, 6) is -1.27. The fourth-order valence-electron chi connectivity index (χ4n) is 3.13. The number of carboxylic acids is 1. The lowest BCUT2D eigenvalue weighted by atomic mass is 9.98. The summed E-state index contributed by atoms with van der Waals surface area (Å²) >= 11 is 0. The minimum Gasteiger partial charge on any atom is -0.481 e. The molecule has 1 unspecified atom stereocenters. The van der Waals surface area contributed by atoms with Crippen molar-refractivity contribution in [1.82, 2.24) is 15.1 Å². The highest BCUT2D eigenvalue weighted by molar-refractivity contribution is 5.76. The van der Waals surface area contributed by atoms with E-state index in [2.05, 4.69) is 17.4 Å². The zero-order chi connectivity index (χ0) is 17.5. The van der Waals surface area contributed by atoms with Gasteiger partial charge in [-0.1, -0.05) is 30.3 Å². The predicted molar refractivity (Wildman–Crippen MR) is 93.0 cm³/mol. The second kappa shape index (κ2) is 8.68. The van der Waals surface area contributed by atoms with Gasteiger partial charge in [0, 0.05) is 25.7 Å². The van der Waals surface area contributed by atoms with Gasteiger partial charge in [-0.3, -0.25) is 4.79 Å². The molecular weight excluding hydrogens is 306 g/mol. The summed E-state index contributed by atoms with van der Waals surface area (Å²) in [5, 5.41) is 12.2. The quantitative estimate of drug-likeness (QED) is 0.830. The van der Waals surface area contributed by atoms with Crippen molar-refractivity contribution in [2.45, 2.75) is 25.3 Å². The van der Waals surface area contributed by atoms with Gasteiger partial charge >= 0.3 is 12.0 Å². The molecule has 6 heteroatoms. The van der Waals surface area contributed by atoms with Crippen LogP contribution in [-0.2, 0) is 11.2 Å². The van der Waals surface area contributed by atoms with Crippen LogP contribution in [0.15, 0.2) is 30.3 Å². The number of rotatable bonds is 6. The van der Waals surface area contributed by atoms with E-state index < -0.39 is 11.9 Å². The number of likely N-dealkylation sites (tertiary alicyclic amines) is 1. The fraction of sp³-hybridized carbons (Fsp3) is 0.556. The highest BCUT2D eigenvalue weighted by atomic mass is 16.4. The summed E-state index contributed by atoms with van der Waals surface area (Å²) in [6.07, 6.45) is 2.13. The summed E-state index contributed by atoms with van der Waals surface area (Å²) in [5.41, 5.74) is 1.17. The molecule has 0 aromatic heterocycles. The van der Waals surface area contributed by atoms with E-state index in [1.807, 2.05) is 37.2 Å². The van der Waals surface area contributed by atoms with Gasteiger partial charge in [-0.15, -0.1) is 0 Å². The summed E-state index contributed by atoms with van der Waals surface area (Å²) in [6.45, 7) is 1.65. The van der Waals surface area contributed by atoms with Crippen LogP contribution in [0.25, 0.3) is 0 Å². The number of nitrogens with one attached hydrogen (secondary N) is 1. The third-order valence-electron chi connectivity index (χ3n) is 4.30. The maximum atomic E-state index is 12.6. The molecule has 1 saturated heterocycles. The Morgan fingerprint density at radius 1 is 1.33 bits per heavy atom. The number of aliphatic carboxylic acids is 1. The van der Waals surface area contributed by atoms with E-state index in [9.17, 15) is 9.59 Å². The van der Waals surface area contributed by atoms with E-state index in [1.165, 1.54) is 5.56 Å². The lowest BCUT2D eigenvalue weighted by molar-refractivity contribution is -0.143. The number of likely N-dealkylation sites (N-methyl/N-ethyl adjacent to an activating group) is 1. The molecule has 132 valence electrons. The van der Waals surface area contributed by atoms with Crippen molar-refractivity contribution in [3.8, 4) is 0 Å². The number of nitrogens with zero attached hydrogens (tertiary/aromatic N) is 2. The Balaban J connectivity index is 1.97. The molecule has 0 bridgehead atoms. The number of amides is 2. The number of carboxylic acid groups (broad SMARTS) is 1. The molecule has 1 aliphatic heterocycles. The van der Waals surface area contributed by atoms with Crippen LogP contribution in [0.2, 0.25) is 0 Å². The average Bonchev–Trinajstić information content (AvgIpc) is 2.55. The normalized spacial score (nSPS) is 19.1. The molecule has 1 heterocycles. The maximum absolute atomic E-state index is 12.6. The molecule has 1 aliphatic rings. The number of hydrogen-bond donors (Lipinski definition) is 2. The molecular formula is C18H27N3O3. The molecule has 2 N–H and O–H groups in total. The van der Waals surface area contributed by atoms with Gasteiger partial charge in [0.15, 0.2) is 0 Å². The molecule has 24 heavy (non-hydrogen) atoms. The smallest absolute Gasteiger partial charge is 0.317 e.